The van der Waals surface area contributed by atoms with Crippen LogP contribution in [0.1, 0.15) is 0 Å². The van der Waals surface area contributed by atoms with Crippen molar-refractivity contribution in [2.75, 3.05) is 12.5 Å². The Kier molecular flexibility index (Phi) is 2.24. The summed E-state index contributed by atoms with van der Waals surface area (Å²) in [6.07, 6.45) is 0. The van der Waals surface area contributed by atoms with Crippen molar-refractivity contribution >= 4 is 16.5 Å². The normalized spacial score (nSPS) is 10.1. The third-order valence-electron chi connectivity index (χ3n) is 2.23. The first-order chi connectivity index (χ1) is 6.85. The van der Waals surface area contributed by atoms with Gasteiger partial charge in [0, 0.05) is 11.1 Å². The summed E-state index contributed by atoms with van der Waals surface area (Å²) < 4.78 is 5.25. The second-order valence-electron chi connectivity index (χ2n) is 3.04. The van der Waals surface area contributed by atoms with E-state index in [9.17, 15) is 0 Å². The summed E-state index contributed by atoms with van der Waals surface area (Å²) in [4.78, 5) is 0. The zero-order valence-electron chi connectivity index (χ0n) is 7.95. The van der Waals surface area contributed by atoms with E-state index in [2.05, 4.69) is 5.43 Å². The minimum Gasteiger partial charge on any atom is -0.496 e. The van der Waals surface area contributed by atoms with Gasteiger partial charge in [0.2, 0.25) is 0 Å². The van der Waals surface area contributed by atoms with E-state index in [1.807, 2.05) is 36.4 Å². The van der Waals surface area contributed by atoms with Crippen LogP contribution in [0.15, 0.2) is 36.4 Å². The molecular weight excluding hydrogens is 176 g/mol. The molecule has 14 heavy (non-hydrogen) atoms. The molecule has 0 aliphatic heterocycles. The molecule has 0 saturated carbocycles. The number of nitrogens with one attached hydrogen (secondary N) is 1. The van der Waals surface area contributed by atoms with Gasteiger partial charge in [-0.2, -0.15) is 0 Å². The quantitative estimate of drug-likeness (QED) is 0.560. The van der Waals surface area contributed by atoms with Crippen LogP contribution in [0, 0.1) is 0 Å². The maximum absolute atomic E-state index is 5.33. The van der Waals surface area contributed by atoms with Gasteiger partial charge in [-0.3, -0.25) is 5.84 Å². The van der Waals surface area contributed by atoms with Crippen molar-refractivity contribution in [2.24, 2.45) is 5.84 Å². The highest BCUT2D eigenvalue weighted by molar-refractivity contribution is 5.90. The van der Waals surface area contributed by atoms with Gasteiger partial charge in [0.05, 0.1) is 7.11 Å². The van der Waals surface area contributed by atoms with E-state index in [4.69, 9.17) is 10.6 Å². The molecule has 3 N–H and O–H groups in total. The Bertz CT molecular complexity index is 454. The van der Waals surface area contributed by atoms with Crippen molar-refractivity contribution in [1.29, 1.82) is 0 Å². The van der Waals surface area contributed by atoms with Crippen molar-refractivity contribution in [3.63, 3.8) is 0 Å². The van der Waals surface area contributed by atoms with Gasteiger partial charge in [-0.25, -0.2) is 0 Å². The Morgan fingerprint density at radius 2 is 2.07 bits per heavy atom. The lowest BCUT2D eigenvalue weighted by Gasteiger charge is -2.06. The summed E-state index contributed by atoms with van der Waals surface area (Å²) in [6.45, 7) is 0. The highest BCUT2D eigenvalue weighted by atomic mass is 16.5. The van der Waals surface area contributed by atoms with E-state index in [0.717, 1.165) is 22.2 Å². The molecule has 0 amide bonds. The molecular formula is C11H12N2O. The highest BCUT2D eigenvalue weighted by Crippen LogP contribution is 2.27. The molecule has 0 bridgehead atoms. The van der Waals surface area contributed by atoms with Crippen LogP contribution in [-0.4, -0.2) is 7.11 Å². The van der Waals surface area contributed by atoms with Gasteiger partial charge in [0.25, 0.3) is 0 Å². The summed E-state index contributed by atoms with van der Waals surface area (Å²) in [7, 11) is 1.67. The lowest BCUT2D eigenvalue weighted by Crippen LogP contribution is -2.06. The minimum atomic E-state index is 0.881. The van der Waals surface area contributed by atoms with Crippen molar-refractivity contribution in [1.82, 2.24) is 0 Å². The SMILES string of the molecule is COc1cccc2cc(NN)ccc12. The summed E-state index contributed by atoms with van der Waals surface area (Å²) >= 11 is 0. The van der Waals surface area contributed by atoms with Crippen LogP contribution in [-0.2, 0) is 0 Å². The third kappa shape index (κ3) is 1.38. The number of hydrogen-bond donors (Lipinski definition) is 2. The monoisotopic (exact) mass is 188 g/mol. The topological polar surface area (TPSA) is 47.3 Å². The van der Waals surface area contributed by atoms with E-state index in [-0.39, 0.29) is 0 Å². The van der Waals surface area contributed by atoms with Gasteiger partial charge in [-0.15, -0.1) is 0 Å². The largest absolute Gasteiger partial charge is 0.496 e. The van der Waals surface area contributed by atoms with Gasteiger partial charge < -0.3 is 10.2 Å². The number of rotatable bonds is 2. The number of hydrazine groups is 1. The molecule has 0 aromatic heterocycles. The predicted molar refractivity (Wildman–Crippen MR) is 58.3 cm³/mol. The maximum atomic E-state index is 5.33. The Balaban J connectivity index is 2.67. The first-order valence-corrected chi connectivity index (χ1v) is 4.38. The molecule has 0 radical (unpaired) electrons. The van der Waals surface area contributed by atoms with Crippen LogP contribution in [0.4, 0.5) is 5.69 Å². The number of benzene rings is 2. The average Bonchev–Trinajstić information content (AvgIpc) is 2.27. The zero-order chi connectivity index (χ0) is 9.97. The summed E-state index contributed by atoms with van der Waals surface area (Å²) in [5.74, 6) is 6.21. The maximum Gasteiger partial charge on any atom is 0.126 e. The standard InChI is InChI=1S/C11H12N2O/c1-14-11-4-2-3-8-7-9(13-12)5-6-10(8)11/h2-7,13H,12H2,1H3. The molecule has 0 fully saturated rings. The number of methoxy groups -OCH3 is 1. The fourth-order valence-electron chi connectivity index (χ4n) is 1.52. The second-order valence-corrected chi connectivity index (χ2v) is 3.04. The molecule has 0 aliphatic rings. The van der Waals surface area contributed by atoms with E-state index in [1.165, 1.54) is 0 Å². The molecule has 0 unspecified atom stereocenters. The number of nitrogens with two attached hydrogens (primary N) is 1. The van der Waals surface area contributed by atoms with Crippen molar-refractivity contribution in [3.05, 3.63) is 36.4 Å². The molecule has 72 valence electrons. The Morgan fingerprint density at radius 3 is 2.79 bits per heavy atom. The molecule has 3 nitrogen and oxygen atoms in total. The Morgan fingerprint density at radius 1 is 1.21 bits per heavy atom. The fourth-order valence-corrected chi connectivity index (χ4v) is 1.52. The molecule has 2 aromatic rings. The number of hydrogen-bond acceptors (Lipinski definition) is 3. The lowest BCUT2D eigenvalue weighted by molar-refractivity contribution is 0.420. The lowest BCUT2D eigenvalue weighted by atomic mass is 10.1. The highest BCUT2D eigenvalue weighted by Gasteiger charge is 2.00. The van der Waals surface area contributed by atoms with Gasteiger partial charge in [-0.05, 0) is 29.7 Å². The summed E-state index contributed by atoms with van der Waals surface area (Å²) in [5.41, 5.74) is 3.51. The molecule has 3 heteroatoms. The van der Waals surface area contributed by atoms with Crippen LogP contribution in [0.3, 0.4) is 0 Å². The van der Waals surface area contributed by atoms with Gasteiger partial charge in [0.15, 0.2) is 0 Å². The number of anilines is 1. The molecule has 0 atom stereocenters. The van der Waals surface area contributed by atoms with Crippen LogP contribution in [0.2, 0.25) is 0 Å². The van der Waals surface area contributed by atoms with E-state index in [0.29, 0.717) is 0 Å². The molecule has 0 spiro atoms. The molecule has 0 heterocycles. The van der Waals surface area contributed by atoms with Crippen LogP contribution >= 0.6 is 0 Å². The van der Waals surface area contributed by atoms with Crippen LogP contribution < -0.4 is 16.0 Å². The summed E-state index contributed by atoms with van der Waals surface area (Å²) in [6, 6.07) is 11.8. The van der Waals surface area contributed by atoms with E-state index < -0.39 is 0 Å². The molecule has 2 aromatic carbocycles. The smallest absolute Gasteiger partial charge is 0.126 e. The Hall–Kier alpha value is -1.74. The first kappa shape index (κ1) is 8.84. The van der Waals surface area contributed by atoms with Gasteiger partial charge in [0.1, 0.15) is 5.75 Å². The van der Waals surface area contributed by atoms with Crippen molar-refractivity contribution in [2.45, 2.75) is 0 Å². The number of ether oxygens (including phenoxy) is 1. The van der Waals surface area contributed by atoms with E-state index >= 15 is 0 Å². The van der Waals surface area contributed by atoms with Gasteiger partial charge in [-0.1, -0.05) is 12.1 Å². The van der Waals surface area contributed by atoms with Crippen molar-refractivity contribution in [3.8, 4) is 5.75 Å². The molecule has 2 rings (SSSR count). The molecule has 0 saturated heterocycles. The number of nitrogen functional groups attached to an aromatic ring is 1. The molecule has 0 aliphatic carbocycles. The second kappa shape index (κ2) is 3.55. The van der Waals surface area contributed by atoms with Crippen LogP contribution in [0.5, 0.6) is 5.75 Å². The van der Waals surface area contributed by atoms with Crippen LogP contribution in [0.25, 0.3) is 10.8 Å². The Labute approximate surface area is 82.5 Å². The minimum absolute atomic E-state index is 0.881. The average molecular weight is 188 g/mol. The van der Waals surface area contributed by atoms with E-state index in [1.54, 1.807) is 7.11 Å². The van der Waals surface area contributed by atoms with Crippen molar-refractivity contribution < 1.29 is 4.74 Å². The predicted octanol–water partition coefficient (Wildman–Crippen LogP) is 2.13. The van der Waals surface area contributed by atoms with Gasteiger partial charge >= 0.3 is 0 Å². The summed E-state index contributed by atoms with van der Waals surface area (Å²) in [5, 5.41) is 2.20. The fraction of sp³-hybridized carbons (Fsp3) is 0.0909. The zero-order valence-corrected chi connectivity index (χ0v) is 7.95. The first-order valence-electron chi connectivity index (χ1n) is 4.38. The third-order valence-corrected chi connectivity index (χ3v) is 2.23. The number of fused-ring (bicyclic) bond motifs is 1.